The summed E-state index contributed by atoms with van der Waals surface area (Å²) in [5, 5.41) is 0. The Morgan fingerprint density at radius 3 is 0.744 bits per heavy atom. The van der Waals surface area contributed by atoms with Crippen LogP contribution in [0.2, 0.25) is 0 Å². The quantitative estimate of drug-likeness (QED) is 0.0261. The van der Waals surface area contributed by atoms with E-state index < -0.39 is 6.10 Å². The first-order valence-corrected chi connectivity index (χ1v) is 35.6. The predicted molar refractivity (Wildman–Crippen MR) is 358 cm³/mol. The first-order chi connectivity index (χ1) is 40.5. The molecule has 1 atom stereocenters. The summed E-state index contributed by atoms with van der Waals surface area (Å²) >= 11 is 0. The van der Waals surface area contributed by atoms with Gasteiger partial charge in [0.1, 0.15) is 13.2 Å². The largest absolute Gasteiger partial charge is 0.462 e. The highest BCUT2D eigenvalue weighted by Crippen LogP contribution is 2.18. The molecule has 0 spiro atoms. The molecule has 0 rings (SSSR count). The summed E-state index contributed by atoms with van der Waals surface area (Å²) in [6.07, 6.45) is 93.2. The molecule has 0 aliphatic carbocycles. The number of unbranched alkanes of at least 4 members (excludes halogenated alkanes) is 40. The number of allylic oxidation sites excluding steroid dienone is 14. The van der Waals surface area contributed by atoms with Crippen LogP contribution in [0.25, 0.3) is 0 Å². The minimum atomic E-state index is -0.779. The van der Waals surface area contributed by atoms with Crippen molar-refractivity contribution in [1.29, 1.82) is 0 Å². The topological polar surface area (TPSA) is 78.9 Å². The molecule has 1 unspecified atom stereocenters. The van der Waals surface area contributed by atoms with Crippen molar-refractivity contribution in [2.75, 3.05) is 13.2 Å². The van der Waals surface area contributed by atoms with E-state index in [0.717, 1.165) is 103 Å². The van der Waals surface area contributed by atoms with Crippen molar-refractivity contribution in [2.24, 2.45) is 0 Å². The first kappa shape index (κ1) is 78.6. The highest BCUT2D eigenvalue weighted by molar-refractivity contribution is 5.71. The van der Waals surface area contributed by atoms with Gasteiger partial charge in [0.15, 0.2) is 6.10 Å². The Bertz CT molecular complexity index is 1550. The van der Waals surface area contributed by atoms with E-state index in [-0.39, 0.29) is 31.1 Å². The van der Waals surface area contributed by atoms with Crippen molar-refractivity contribution < 1.29 is 28.6 Å². The second-order valence-corrected chi connectivity index (χ2v) is 23.8. The van der Waals surface area contributed by atoms with Crippen molar-refractivity contribution in [3.8, 4) is 0 Å². The van der Waals surface area contributed by atoms with E-state index in [1.807, 2.05) is 0 Å². The van der Waals surface area contributed by atoms with Crippen LogP contribution in [-0.4, -0.2) is 37.2 Å². The number of ether oxygens (including phenoxy) is 3. The molecule has 6 heteroatoms. The third-order valence-corrected chi connectivity index (χ3v) is 15.6. The fourth-order valence-electron chi connectivity index (χ4n) is 10.3. The smallest absolute Gasteiger partial charge is 0.306 e. The van der Waals surface area contributed by atoms with Gasteiger partial charge in [-0.2, -0.15) is 0 Å². The number of hydrogen-bond acceptors (Lipinski definition) is 6. The zero-order valence-corrected chi connectivity index (χ0v) is 54.5. The molecule has 474 valence electrons. The molecule has 0 aromatic carbocycles. The van der Waals surface area contributed by atoms with E-state index in [4.69, 9.17) is 14.2 Å². The number of rotatable bonds is 65. The Hall–Kier alpha value is -3.41. The minimum Gasteiger partial charge on any atom is -0.462 e. The van der Waals surface area contributed by atoms with Crippen molar-refractivity contribution >= 4 is 17.9 Å². The molecule has 0 saturated carbocycles. The fourth-order valence-corrected chi connectivity index (χ4v) is 10.3. The molecule has 0 aliphatic rings. The maximum absolute atomic E-state index is 13.0. The Kier molecular flexibility index (Phi) is 67.2. The Balaban J connectivity index is 4.25. The van der Waals surface area contributed by atoms with Gasteiger partial charge in [0.05, 0.1) is 0 Å². The molecule has 0 aromatic rings. The van der Waals surface area contributed by atoms with E-state index in [9.17, 15) is 14.4 Å². The molecule has 82 heavy (non-hydrogen) atoms. The zero-order valence-electron chi connectivity index (χ0n) is 54.5. The van der Waals surface area contributed by atoms with Gasteiger partial charge in [0, 0.05) is 19.3 Å². The van der Waals surface area contributed by atoms with Gasteiger partial charge in [-0.15, -0.1) is 0 Å². The maximum Gasteiger partial charge on any atom is 0.306 e. The highest BCUT2D eigenvalue weighted by Gasteiger charge is 2.19. The summed E-state index contributed by atoms with van der Waals surface area (Å²) in [5.74, 6) is -0.862. The number of hydrogen-bond donors (Lipinski definition) is 0. The fraction of sp³-hybridized carbons (Fsp3) is 0.776. The van der Waals surface area contributed by atoms with Gasteiger partial charge < -0.3 is 14.2 Å². The molecule has 0 N–H and O–H groups in total. The molecular formula is C76H134O6. The third-order valence-electron chi connectivity index (χ3n) is 15.6. The van der Waals surface area contributed by atoms with Crippen molar-refractivity contribution in [2.45, 2.75) is 367 Å². The monoisotopic (exact) mass is 1140 g/mol. The molecule has 0 heterocycles. The van der Waals surface area contributed by atoms with Crippen LogP contribution in [0, 0.1) is 0 Å². The Labute approximate surface area is 509 Å². The second-order valence-electron chi connectivity index (χ2n) is 23.8. The summed E-state index contributed by atoms with van der Waals surface area (Å²) in [6.45, 7) is 6.56. The molecule has 0 fully saturated rings. The van der Waals surface area contributed by atoms with Gasteiger partial charge in [-0.3, -0.25) is 14.4 Å². The standard InChI is InChI=1S/C76H134O6/c1-4-7-10-13-16-19-22-25-27-29-31-33-35-37-38-40-41-43-45-47-49-51-54-57-60-63-66-69-75(78)81-72-73(71-80-74(77)68-65-62-59-56-53-24-21-18-15-12-9-6-3)82-76(79)70-67-64-61-58-55-52-50-48-46-44-42-39-36-34-32-30-28-26-23-20-17-14-11-8-5-2/h8,11,17,20,22,25-26,28-29,31-32,34,39,42,73H,4-7,9-10,12-16,18-19,21,23-24,27,30,33,35-38,40-41,43-72H2,1-3H3/b11-8-,20-17-,25-22-,28-26-,31-29-,34-32-,42-39-. The summed E-state index contributed by atoms with van der Waals surface area (Å²) in [6, 6.07) is 0. The lowest BCUT2D eigenvalue weighted by Crippen LogP contribution is -2.30. The van der Waals surface area contributed by atoms with Gasteiger partial charge in [0.2, 0.25) is 0 Å². The van der Waals surface area contributed by atoms with E-state index in [1.54, 1.807) is 0 Å². The first-order valence-electron chi connectivity index (χ1n) is 35.6. The second kappa shape index (κ2) is 70.1. The average Bonchev–Trinajstić information content (AvgIpc) is 3.47. The van der Waals surface area contributed by atoms with Crippen molar-refractivity contribution in [3.63, 3.8) is 0 Å². The summed E-state index contributed by atoms with van der Waals surface area (Å²) in [5.41, 5.74) is 0. The van der Waals surface area contributed by atoms with E-state index in [1.165, 1.54) is 218 Å². The summed E-state index contributed by atoms with van der Waals surface area (Å²) in [7, 11) is 0. The lowest BCUT2D eigenvalue weighted by atomic mass is 10.0. The third kappa shape index (κ3) is 67.4. The number of esters is 3. The van der Waals surface area contributed by atoms with Gasteiger partial charge in [-0.1, -0.05) is 331 Å². The SMILES string of the molecule is CC/C=C\C/C=C\C/C=C\C/C=C\C/C=C\CCCCCCCCCCCC(=O)OC(COC(=O)CCCCCCCCCCCCCC)COC(=O)CCCCCCCCCCCCCCCCC/C=C\C/C=C\CCCCCCC. The molecule has 0 bridgehead atoms. The molecule has 0 aliphatic heterocycles. The average molecular weight is 1140 g/mol. The zero-order chi connectivity index (χ0) is 59.2. The van der Waals surface area contributed by atoms with Crippen LogP contribution in [0.1, 0.15) is 361 Å². The van der Waals surface area contributed by atoms with Gasteiger partial charge in [-0.25, -0.2) is 0 Å². The van der Waals surface area contributed by atoms with Crippen LogP contribution >= 0.6 is 0 Å². The van der Waals surface area contributed by atoms with Crippen LogP contribution in [0.4, 0.5) is 0 Å². The lowest BCUT2D eigenvalue weighted by molar-refractivity contribution is -0.167. The summed E-state index contributed by atoms with van der Waals surface area (Å²) < 4.78 is 17.0. The molecule has 0 amide bonds. The van der Waals surface area contributed by atoms with E-state index >= 15 is 0 Å². The lowest BCUT2D eigenvalue weighted by Gasteiger charge is -2.18. The molecule has 0 saturated heterocycles. The maximum atomic E-state index is 13.0. The van der Waals surface area contributed by atoms with Gasteiger partial charge in [0.25, 0.3) is 0 Å². The molecule has 6 nitrogen and oxygen atoms in total. The van der Waals surface area contributed by atoms with Gasteiger partial charge >= 0.3 is 17.9 Å². The van der Waals surface area contributed by atoms with E-state index in [2.05, 4.69) is 106 Å². The highest BCUT2D eigenvalue weighted by atomic mass is 16.6. The van der Waals surface area contributed by atoms with Crippen LogP contribution in [0.3, 0.4) is 0 Å². The van der Waals surface area contributed by atoms with Crippen molar-refractivity contribution in [1.82, 2.24) is 0 Å². The van der Waals surface area contributed by atoms with Crippen molar-refractivity contribution in [3.05, 3.63) is 85.1 Å². The Morgan fingerprint density at radius 2 is 0.476 bits per heavy atom. The predicted octanol–water partition coefficient (Wildman–Crippen LogP) is 24.6. The van der Waals surface area contributed by atoms with Crippen LogP contribution in [-0.2, 0) is 28.6 Å². The summed E-state index contributed by atoms with van der Waals surface area (Å²) in [4.78, 5) is 38.4. The van der Waals surface area contributed by atoms with Crippen LogP contribution in [0.15, 0.2) is 85.1 Å². The molecule has 0 aromatic heterocycles. The Morgan fingerprint density at radius 1 is 0.256 bits per heavy atom. The molecular weight excluding hydrogens is 1010 g/mol. The van der Waals surface area contributed by atoms with Crippen LogP contribution in [0.5, 0.6) is 0 Å². The van der Waals surface area contributed by atoms with Crippen LogP contribution < -0.4 is 0 Å². The minimum absolute atomic E-state index is 0.0747. The number of carbonyl (C=O) groups excluding carboxylic acids is 3. The van der Waals surface area contributed by atoms with Gasteiger partial charge in [-0.05, 0) is 96.3 Å². The molecule has 0 radical (unpaired) electrons. The normalized spacial score (nSPS) is 12.6. The number of carbonyl (C=O) groups is 3. The van der Waals surface area contributed by atoms with E-state index in [0.29, 0.717) is 19.3 Å².